The number of para-hydroxylation sites is 3. The zero-order valence-electron chi connectivity index (χ0n) is 40.2. The summed E-state index contributed by atoms with van der Waals surface area (Å²) in [4.78, 5) is 9.35. The van der Waals surface area contributed by atoms with E-state index >= 15 is 0 Å². The van der Waals surface area contributed by atoms with Crippen molar-refractivity contribution in [1.29, 1.82) is 5.26 Å². The topological polar surface area (TPSA) is 57.3 Å². The number of hydrogen-bond acceptors (Lipinski definition) is 5. The van der Waals surface area contributed by atoms with Crippen molar-refractivity contribution in [2.24, 2.45) is 0 Å². The Kier molecular flexibility index (Phi) is 11.9. The summed E-state index contributed by atoms with van der Waals surface area (Å²) in [7, 11) is 0. The maximum Gasteiger partial charge on any atom is 0.135 e. The average molecular weight is 1050 g/mol. The second-order valence-electron chi connectivity index (χ2n) is 21.5. The van der Waals surface area contributed by atoms with E-state index in [9.17, 15) is 5.26 Å². The minimum atomic E-state index is -0.122. The molecular weight excluding hydrogens is 990 g/mol. The predicted molar refractivity (Wildman–Crippen MR) is 269 cm³/mol. The molecule has 0 unspecified atom stereocenters. The fraction of sp³-hybridized carbons (Fsp3) is 0.271. The molecule has 6 nitrogen and oxygen atoms in total. The first-order chi connectivity index (χ1) is 30.7. The molecule has 9 rings (SSSR count). The van der Waals surface area contributed by atoms with Crippen LogP contribution in [0.5, 0.6) is 11.5 Å². The number of benzene rings is 6. The van der Waals surface area contributed by atoms with Crippen molar-refractivity contribution in [2.45, 2.75) is 105 Å². The zero-order valence-corrected chi connectivity index (χ0v) is 42.4. The third-order valence-electron chi connectivity index (χ3n) is 12.6. The van der Waals surface area contributed by atoms with Crippen LogP contribution in [0.1, 0.15) is 111 Å². The number of pyridine rings is 1. The normalized spacial score (nSPS) is 13.2. The minimum Gasteiger partial charge on any atom is -0.509 e. The van der Waals surface area contributed by atoms with Crippen LogP contribution in [0.2, 0.25) is 0 Å². The quantitative estimate of drug-likeness (QED) is 0.155. The molecule has 3 heterocycles. The van der Waals surface area contributed by atoms with Gasteiger partial charge >= 0.3 is 0 Å². The molecule has 66 heavy (non-hydrogen) atoms. The van der Waals surface area contributed by atoms with Gasteiger partial charge in [-0.3, -0.25) is 0 Å². The molecule has 0 saturated carbocycles. The van der Waals surface area contributed by atoms with Crippen molar-refractivity contribution < 1.29 is 25.8 Å². The van der Waals surface area contributed by atoms with Crippen LogP contribution >= 0.6 is 0 Å². The van der Waals surface area contributed by atoms with Gasteiger partial charge in [0.15, 0.2) is 0 Å². The first-order valence-electron chi connectivity index (χ1n) is 22.6. The SMILES string of the molecule is CC(C)(C)c1cc(N2[CH-]N(c3[c-]c(Oc4[c-]c5c(cc4)c4ccccc4n5-c4cc(C(C)(C)C)ccn4)cc(-c4ccc(C(C)(C)C)cc4C#N)c3)c3ccccc32)cc(C(C)(C)C)c1.[Pt]. The van der Waals surface area contributed by atoms with Crippen LogP contribution < -0.4 is 14.5 Å². The van der Waals surface area contributed by atoms with E-state index < -0.39 is 0 Å². The molecule has 0 radical (unpaired) electrons. The molecule has 0 bridgehead atoms. The fourth-order valence-electron chi connectivity index (χ4n) is 8.65. The molecule has 1 aliphatic rings. The Balaban J connectivity index is 0.00000592. The zero-order chi connectivity index (χ0) is 46.2. The first-order valence-corrected chi connectivity index (χ1v) is 22.6. The minimum absolute atomic E-state index is 0. The number of hydrogen-bond donors (Lipinski definition) is 0. The monoisotopic (exact) mass is 1050 g/mol. The van der Waals surface area contributed by atoms with E-state index in [0.29, 0.717) is 17.1 Å². The van der Waals surface area contributed by atoms with E-state index in [1.807, 2.05) is 24.4 Å². The van der Waals surface area contributed by atoms with Gasteiger partial charge in [-0.15, -0.1) is 53.6 Å². The van der Waals surface area contributed by atoms with Gasteiger partial charge < -0.3 is 19.1 Å². The van der Waals surface area contributed by atoms with Gasteiger partial charge in [-0.2, -0.15) is 11.3 Å². The molecule has 0 saturated heterocycles. The number of ether oxygens (including phenoxy) is 1. The summed E-state index contributed by atoms with van der Waals surface area (Å²) in [5.41, 5.74) is 12.7. The van der Waals surface area contributed by atoms with Crippen molar-refractivity contribution in [2.75, 3.05) is 9.80 Å². The van der Waals surface area contributed by atoms with E-state index in [1.54, 1.807) is 0 Å². The largest absolute Gasteiger partial charge is 0.509 e. The molecule has 0 aliphatic carbocycles. The number of aromatic nitrogens is 2. The van der Waals surface area contributed by atoms with Crippen LogP contribution in [-0.4, -0.2) is 9.55 Å². The van der Waals surface area contributed by atoms with Gasteiger partial charge in [0.25, 0.3) is 0 Å². The molecule has 6 aromatic carbocycles. The summed E-state index contributed by atoms with van der Waals surface area (Å²) in [5, 5.41) is 12.8. The van der Waals surface area contributed by atoms with Gasteiger partial charge in [-0.25, -0.2) is 4.98 Å². The third kappa shape index (κ3) is 8.79. The third-order valence-corrected chi connectivity index (χ3v) is 12.6. The van der Waals surface area contributed by atoms with Gasteiger partial charge in [-0.1, -0.05) is 137 Å². The van der Waals surface area contributed by atoms with Crippen molar-refractivity contribution in [3.63, 3.8) is 0 Å². The molecule has 7 heteroatoms. The second kappa shape index (κ2) is 16.9. The second-order valence-corrected chi connectivity index (χ2v) is 21.5. The fourth-order valence-corrected chi connectivity index (χ4v) is 8.65. The average Bonchev–Trinajstić information content (AvgIpc) is 3.81. The number of anilines is 4. The molecule has 0 N–H and O–H groups in total. The van der Waals surface area contributed by atoms with Gasteiger partial charge in [0.05, 0.1) is 11.6 Å². The molecule has 2 aromatic heterocycles. The van der Waals surface area contributed by atoms with Crippen LogP contribution in [-0.2, 0) is 42.7 Å². The van der Waals surface area contributed by atoms with Gasteiger partial charge in [0, 0.05) is 61.3 Å². The Hall–Kier alpha value is -6.15. The van der Waals surface area contributed by atoms with Gasteiger partial charge in [0.2, 0.25) is 0 Å². The predicted octanol–water partition coefficient (Wildman–Crippen LogP) is 15.7. The summed E-state index contributed by atoms with van der Waals surface area (Å²) in [6, 6.07) is 52.4. The van der Waals surface area contributed by atoms with Gasteiger partial charge in [0.1, 0.15) is 5.82 Å². The Bertz CT molecular complexity index is 3150. The first kappa shape index (κ1) is 46.4. The molecule has 0 amide bonds. The van der Waals surface area contributed by atoms with Crippen LogP contribution in [0.15, 0.2) is 128 Å². The number of nitrogens with zero attached hydrogens (tertiary/aromatic N) is 5. The molecule has 0 atom stereocenters. The molecule has 0 spiro atoms. The molecule has 1 aliphatic heterocycles. The van der Waals surface area contributed by atoms with E-state index in [-0.39, 0.29) is 42.7 Å². The Morgan fingerprint density at radius 1 is 0.576 bits per heavy atom. The van der Waals surface area contributed by atoms with Crippen molar-refractivity contribution in [3.8, 4) is 34.5 Å². The molecule has 338 valence electrons. The van der Waals surface area contributed by atoms with Crippen LogP contribution in [0, 0.1) is 30.1 Å². The van der Waals surface area contributed by atoms with Crippen LogP contribution in [0.25, 0.3) is 38.8 Å². The van der Waals surface area contributed by atoms with E-state index in [1.165, 1.54) is 16.7 Å². The Labute approximate surface area is 406 Å². The van der Waals surface area contributed by atoms with Crippen molar-refractivity contribution in [1.82, 2.24) is 9.55 Å². The Morgan fingerprint density at radius 2 is 1.20 bits per heavy atom. The van der Waals surface area contributed by atoms with Crippen LogP contribution in [0.3, 0.4) is 0 Å². The molecule has 8 aromatic rings. The van der Waals surface area contributed by atoms with E-state index in [2.05, 4.69) is 225 Å². The summed E-state index contributed by atoms with van der Waals surface area (Å²) in [5.74, 6) is 1.87. The number of rotatable bonds is 6. The molecular formula is C59H58N5OPt-3. The summed E-state index contributed by atoms with van der Waals surface area (Å²) in [6.45, 7) is 29.0. The summed E-state index contributed by atoms with van der Waals surface area (Å²) >= 11 is 0. The van der Waals surface area contributed by atoms with Crippen molar-refractivity contribution in [3.05, 3.63) is 174 Å². The number of fused-ring (bicyclic) bond motifs is 4. The summed E-state index contributed by atoms with van der Waals surface area (Å²) in [6.07, 6.45) is 1.89. The summed E-state index contributed by atoms with van der Waals surface area (Å²) < 4.78 is 9.07. The Morgan fingerprint density at radius 3 is 1.85 bits per heavy atom. The maximum atomic E-state index is 10.6. The number of nitriles is 1. The smallest absolute Gasteiger partial charge is 0.135 e. The standard InChI is InChI=1S/C59H58N5O.Pt/c1-56(2,3)40-21-23-48(39(27-40)36-60)38-28-44(62-37-63(53-20-16-15-19-52(53)62)45-31-42(58(7,8)9)30-43(32-45)59(10,11)12)34-47(29-38)65-46-22-24-50-49-17-13-14-18-51(49)64(54(50)35-46)55-33-41(25-26-61-55)57(4,5)6;/h13-33,37H,1-12H3;/q-3;. The maximum absolute atomic E-state index is 10.6. The molecule has 0 fully saturated rings. The van der Waals surface area contributed by atoms with Crippen LogP contribution in [0.4, 0.5) is 22.7 Å². The van der Waals surface area contributed by atoms with Gasteiger partial charge in [-0.05, 0) is 103 Å². The van der Waals surface area contributed by atoms with E-state index in [4.69, 9.17) is 9.72 Å². The van der Waals surface area contributed by atoms with E-state index in [0.717, 1.165) is 67.1 Å². The van der Waals surface area contributed by atoms with Crippen molar-refractivity contribution >= 4 is 44.6 Å².